The summed E-state index contributed by atoms with van der Waals surface area (Å²) in [6.07, 6.45) is 4.19. The molecule has 1 N–H and O–H groups in total. The summed E-state index contributed by atoms with van der Waals surface area (Å²) in [5.41, 5.74) is 2.57. The molecule has 0 radical (unpaired) electrons. The van der Waals surface area contributed by atoms with Gasteiger partial charge in [-0.2, -0.15) is 0 Å². The summed E-state index contributed by atoms with van der Waals surface area (Å²) in [5, 5.41) is 2.89. The lowest BCUT2D eigenvalue weighted by molar-refractivity contribution is -0.111. The Morgan fingerprint density at radius 2 is 1.89 bits per heavy atom. The zero-order valence-electron chi connectivity index (χ0n) is 16.4. The normalized spacial score (nSPS) is 10.7. The van der Waals surface area contributed by atoms with Crippen molar-refractivity contribution in [1.29, 1.82) is 0 Å². The van der Waals surface area contributed by atoms with E-state index < -0.39 is 0 Å². The zero-order valence-corrected chi connectivity index (χ0v) is 16.4. The van der Waals surface area contributed by atoms with E-state index in [0.717, 1.165) is 29.0 Å². The van der Waals surface area contributed by atoms with E-state index in [1.165, 1.54) is 6.08 Å². The maximum Gasteiger partial charge on any atom is 0.248 e. The highest BCUT2D eigenvalue weighted by Gasteiger charge is 2.06. The number of hydrogen-bond donors (Lipinski definition) is 1. The third-order valence-corrected chi connectivity index (χ3v) is 3.84. The van der Waals surface area contributed by atoms with Crippen molar-refractivity contribution in [3.05, 3.63) is 53.6 Å². The number of hydrogen-bond acceptors (Lipinski definition) is 4. The molecule has 27 heavy (non-hydrogen) atoms. The fourth-order valence-electron chi connectivity index (χ4n) is 2.50. The van der Waals surface area contributed by atoms with E-state index in [-0.39, 0.29) is 5.91 Å². The van der Waals surface area contributed by atoms with Gasteiger partial charge in [-0.1, -0.05) is 13.0 Å². The van der Waals surface area contributed by atoms with Crippen molar-refractivity contribution in [1.82, 2.24) is 0 Å². The molecule has 0 saturated carbocycles. The van der Waals surface area contributed by atoms with Crippen LogP contribution in [0, 0.1) is 6.92 Å². The van der Waals surface area contributed by atoms with Gasteiger partial charge < -0.3 is 19.5 Å². The van der Waals surface area contributed by atoms with Crippen molar-refractivity contribution in [2.24, 2.45) is 0 Å². The first-order valence-corrected chi connectivity index (χ1v) is 9.10. The minimum Gasteiger partial charge on any atom is -0.494 e. The molecule has 5 nitrogen and oxygen atoms in total. The van der Waals surface area contributed by atoms with Crippen LogP contribution < -0.4 is 19.5 Å². The van der Waals surface area contributed by atoms with E-state index in [1.54, 1.807) is 13.2 Å². The first-order valence-electron chi connectivity index (χ1n) is 9.10. The van der Waals surface area contributed by atoms with Gasteiger partial charge in [0, 0.05) is 11.8 Å². The molecule has 0 aliphatic carbocycles. The summed E-state index contributed by atoms with van der Waals surface area (Å²) in [4.78, 5) is 12.2. The van der Waals surface area contributed by atoms with Gasteiger partial charge in [-0.05, 0) is 67.8 Å². The average Bonchev–Trinajstić information content (AvgIpc) is 2.67. The highest BCUT2D eigenvalue weighted by Crippen LogP contribution is 2.28. The number of ether oxygens (including phenoxy) is 3. The van der Waals surface area contributed by atoms with Gasteiger partial charge in [-0.25, -0.2) is 0 Å². The predicted molar refractivity (Wildman–Crippen MR) is 109 cm³/mol. The number of nitrogens with one attached hydrogen (secondary N) is 1. The van der Waals surface area contributed by atoms with E-state index in [0.29, 0.717) is 24.7 Å². The van der Waals surface area contributed by atoms with Gasteiger partial charge in [0.15, 0.2) is 11.5 Å². The maximum absolute atomic E-state index is 12.2. The van der Waals surface area contributed by atoms with Gasteiger partial charge in [0.25, 0.3) is 0 Å². The van der Waals surface area contributed by atoms with Crippen molar-refractivity contribution in [2.75, 3.05) is 25.6 Å². The molecule has 5 heteroatoms. The van der Waals surface area contributed by atoms with E-state index >= 15 is 0 Å². The lowest BCUT2D eigenvalue weighted by Crippen LogP contribution is -2.09. The number of anilines is 1. The van der Waals surface area contributed by atoms with Crippen molar-refractivity contribution >= 4 is 17.7 Å². The van der Waals surface area contributed by atoms with Gasteiger partial charge in [0.2, 0.25) is 5.91 Å². The van der Waals surface area contributed by atoms with Crippen LogP contribution >= 0.6 is 0 Å². The smallest absolute Gasteiger partial charge is 0.248 e. The molecule has 0 unspecified atom stereocenters. The topological polar surface area (TPSA) is 56.8 Å². The van der Waals surface area contributed by atoms with Gasteiger partial charge >= 0.3 is 0 Å². The fraction of sp³-hybridized carbons (Fsp3) is 0.318. The summed E-state index contributed by atoms with van der Waals surface area (Å²) in [5.74, 6) is 1.93. The Balaban J connectivity index is 2.03. The van der Waals surface area contributed by atoms with Crippen LogP contribution in [0.4, 0.5) is 5.69 Å². The van der Waals surface area contributed by atoms with Crippen LogP contribution in [0.2, 0.25) is 0 Å². The Labute approximate surface area is 161 Å². The second kappa shape index (κ2) is 10.3. The summed E-state index contributed by atoms with van der Waals surface area (Å²) < 4.78 is 16.4. The summed E-state index contributed by atoms with van der Waals surface area (Å²) >= 11 is 0. The molecule has 0 spiro atoms. The van der Waals surface area contributed by atoms with Gasteiger partial charge in [-0.15, -0.1) is 0 Å². The van der Waals surface area contributed by atoms with Gasteiger partial charge in [-0.3, -0.25) is 4.79 Å². The molecule has 2 rings (SSSR count). The molecule has 0 fully saturated rings. The van der Waals surface area contributed by atoms with E-state index in [1.807, 2.05) is 50.2 Å². The number of benzene rings is 2. The lowest BCUT2D eigenvalue weighted by atomic mass is 10.1. The summed E-state index contributed by atoms with van der Waals surface area (Å²) in [7, 11) is 1.59. The molecule has 0 aliphatic heterocycles. The van der Waals surface area contributed by atoms with Crippen molar-refractivity contribution in [3.63, 3.8) is 0 Å². The Morgan fingerprint density at radius 3 is 2.56 bits per heavy atom. The molecular formula is C22H27NO4. The second-order valence-corrected chi connectivity index (χ2v) is 5.99. The third-order valence-electron chi connectivity index (χ3n) is 3.84. The number of amides is 1. The highest BCUT2D eigenvalue weighted by atomic mass is 16.5. The average molecular weight is 369 g/mol. The second-order valence-electron chi connectivity index (χ2n) is 5.99. The summed E-state index contributed by atoms with van der Waals surface area (Å²) in [6, 6.07) is 11.2. The lowest BCUT2D eigenvalue weighted by Gasteiger charge is -2.10. The Bertz CT molecular complexity index is 799. The monoisotopic (exact) mass is 369 g/mol. The number of methoxy groups -OCH3 is 1. The van der Waals surface area contributed by atoms with Crippen molar-refractivity contribution in [3.8, 4) is 17.2 Å². The Kier molecular flexibility index (Phi) is 7.74. The molecule has 0 saturated heterocycles. The molecular weight excluding hydrogens is 342 g/mol. The number of aryl methyl sites for hydroxylation is 1. The molecule has 0 heterocycles. The first kappa shape index (κ1) is 20.4. The van der Waals surface area contributed by atoms with Crippen LogP contribution in [0.15, 0.2) is 42.5 Å². The number of carbonyl (C=O) groups excluding carboxylic acids is 1. The largest absolute Gasteiger partial charge is 0.494 e. The van der Waals surface area contributed by atoms with E-state index in [2.05, 4.69) is 12.2 Å². The molecule has 0 bridgehead atoms. The van der Waals surface area contributed by atoms with E-state index in [4.69, 9.17) is 14.2 Å². The Morgan fingerprint density at radius 1 is 1.07 bits per heavy atom. The Hall–Kier alpha value is -2.95. The minimum atomic E-state index is -0.201. The van der Waals surface area contributed by atoms with Crippen LogP contribution in [-0.4, -0.2) is 26.2 Å². The minimum absolute atomic E-state index is 0.201. The van der Waals surface area contributed by atoms with Crippen molar-refractivity contribution in [2.45, 2.75) is 27.2 Å². The summed E-state index contributed by atoms with van der Waals surface area (Å²) in [6.45, 7) is 7.17. The zero-order chi connectivity index (χ0) is 19.6. The standard InChI is InChI=1S/C22H27NO4/c1-5-13-27-18-9-10-19(16(3)14-18)23-22(24)12-8-17-7-11-20(26-6-2)21(15-17)25-4/h7-12,14-15H,5-6,13H2,1-4H3,(H,23,24)/b12-8+. The van der Waals surface area contributed by atoms with Crippen molar-refractivity contribution < 1.29 is 19.0 Å². The quantitative estimate of drug-likeness (QED) is 0.643. The first-order chi connectivity index (χ1) is 13.1. The van der Waals surface area contributed by atoms with Crippen LogP contribution in [0.5, 0.6) is 17.2 Å². The van der Waals surface area contributed by atoms with Gasteiger partial charge in [0.05, 0.1) is 20.3 Å². The number of rotatable bonds is 9. The molecule has 0 atom stereocenters. The predicted octanol–water partition coefficient (Wildman–Crippen LogP) is 4.84. The van der Waals surface area contributed by atoms with Crippen LogP contribution in [0.25, 0.3) is 6.08 Å². The molecule has 0 aliphatic rings. The fourth-order valence-corrected chi connectivity index (χ4v) is 2.50. The van der Waals surface area contributed by atoms with E-state index in [9.17, 15) is 4.79 Å². The van der Waals surface area contributed by atoms with Crippen LogP contribution in [-0.2, 0) is 4.79 Å². The SMILES string of the molecule is CCCOc1ccc(NC(=O)/C=C/c2ccc(OCC)c(OC)c2)c(C)c1. The molecule has 0 aromatic heterocycles. The van der Waals surface area contributed by atoms with Crippen LogP contribution in [0.1, 0.15) is 31.4 Å². The highest BCUT2D eigenvalue weighted by molar-refractivity contribution is 6.02. The van der Waals surface area contributed by atoms with Crippen LogP contribution in [0.3, 0.4) is 0 Å². The maximum atomic E-state index is 12.2. The number of carbonyl (C=O) groups is 1. The molecule has 144 valence electrons. The molecule has 2 aromatic carbocycles. The van der Waals surface area contributed by atoms with Gasteiger partial charge in [0.1, 0.15) is 5.75 Å². The molecule has 1 amide bonds. The molecule has 2 aromatic rings. The third kappa shape index (κ3) is 6.06.